The largest absolute Gasteiger partial charge is 0.508 e. The van der Waals surface area contributed by atoms with Crippen LogP contribution < -0.4 is 11.1 Å². The van der Waals surface area contributed by atoms with Gasteiger partial charge in [-0.05, 0) is 43.9 Å². The van der Waals surface area contributed by atoms with Crippen molar-refractivity contribution in [1.29, 1.82) is 0 Å². The van der Waals surface area contributed by atoms with Crippen LogP contribution >= 0.6 is 0 Å². The van der Waals surface area contributed by atoms with Crippen molar-refractivity contribution >= 4 is 11.6 Å². The molecule has 4 N–H and O–H groups in total. The molecule has 0 aliphatic carbocycles. The van der Waals surface area contributed by atoms with Gasteiger partial charge in [-0.3, -0.25) is 4.79 Å². The van der Waals surface area contributed by atoms with Gasteiger partial charge in [-0.25, -0.2) is 0 Å². The summed E-state index contributed by atoms with van der Waals surface area (Å²) in [5.41, 5.74) is 6.21. The van der Waals surface area contributed by atoms with E-state index in [0.717, 1.165) is 6.42 Å². The normalized spacial score (nSPS) is 12.3. The van der Waals surface area contributed by atoms with E-state index in [1.54, 1.807) is 0 Å². The summed E-state index contributed by atoms with van der Waals surface area (Å²) in [7, 11) is 0. The molecular formula is C15H24N2O2. The molecule has 19 heavy (non-hydrogen) atoms. The van der Waals surface area contributed by atoms with Gasteiger partial charge in [0.15, 0.2) is 0 Å². The lowest BCUT2D eigenvalue weighted by Gasteiger charge is -2.33. The monoisotopic (exact) mass is 264 g/mol. The Bertz CT molecular complexity index is 474. The number of nitrogens with two attached hydrogens (primary N) is 1. The summed E-state index contributed by atoms with van der Waals surface area (Å²) in [5, 5.41) is 12.4. The van der Waals surface area contributed by atoms with E-state index in [1.165, 1.54) is 18.2 Å². The molecule has 0 bridgehead atoms. The van der Waals surface area contributed by atoms with E-state index in [2.05, 4.69) is 26.1 Å². The summed E-state index contributed by atoms with van der Waals surface area (Å²) in [6.45, 7) is 10.3. The third-order valence-corrected chi connectivity index (χ3v) is 2.71. The average Bonchev–Trinajstić information content (AvgIpc) is 2.16. The summed E-state index contributed by atoms with van der Waals surface area (Å²) in [6.07, 6.45) is 0.838. The number of nitrogens with one attached hydrogen (secondary N) is 1. The molecule has 0 aliphatic rings. The van der Waals surface area contributed by atoms with E-state index in [1.807, 2.05) is 13.8 Å². The average molecular weight is 264 g/mol. The lowest BCUT2D eigenvalue weighted by atomic mass is 9.81. The first-order valence-electron chi connectivity index (χ1n) is 6.41. The van der Waals surface area contributed by atoms with E-state index >= 15 is 0 Å². The second-order valence-electron chi connectivity index (χ2n) is 6.85. The van der Waals surface area contributed by atoms with Gasteiger partial charge in [0.1, 0.15) is 5.75 Å². The molecule has 1 aromatic rings. The topological polar surface area (TPSA) is 75.3 Å². The predicted molar refractivity (Wildman–Crippen MR) is 78.1 cm³/mol. The van der Waals surface area contributed by atoms with Gasteiger partial charge in [0, 0.05) is 11.2 Å². The number of carbonyl (C=O) groups excluding carboxylic acids is 1. The molecule has 1 rings (SSSR count). The van der Waals surface area contributed by atoms with Crippen LogP contribution in [-0.4, -0.2) is 16.6 Å². The smallest absolute Gasteiger partial charge is 0.253 e. The van der Waals surface area contributed by atoms with Crippen molar-refractivity contribution in [2.75, 3.05) is 5.73 Å². The molecule has 0 heterocycles. The highest BCUT2D eigenvalue weighted by molar-refractivity contribution is 5.99. The molecule has 0 fully saturated rings. The Morgan fingerprint density at radius 1 is 1.26 bits per heavy atom. The lowest BCUT2D eigenvalue weighted by Crippen LogP contribution is -2.46. The van der Waals surface area contributed by atoms with E-state index in [4.69, 9.17) is 5.73 Å². The first kappa shape index (κ1) is 15.3. The Morgan fingerprint density at radius 2 is 1.84 bits per heavy atom. The zero-order valence-corrected chi connectivity index (χ0v) is 12.4. The van der Waals surface area contributed by atoms with Gasteiger partial charge in [0.2, 0.25) is 0 Å². The minimum absolute atomic E-state index is 0.0352. The highest BCUT2D eigenvalue weighted by atomic mass is 16.3. The molecule has 0 aromatic heterocycles. The quantitative estimate of drug-likeness (QED) is 0.580. The Morgan fingerprint density at radius 3 is 2.37 bits per heavy atom. The number of benzene rings is 1. The number of nitrogen functional groups attached to an aromatic ring is 1. The van der Waals surface area contributed by atoms with Crippen molar-refractivity contribution in [3.63, 3.8) is 0 Å². The fraction of sp³-hybridized carbons (Fsp3) is 0.533. The number of rotatable bonds is 3. The molecule has 0 spiro atoms. The number of aromatic hydroxyl groups is 1. The van der Waals surface area contributed by atoms with Crippen LogP contribution in [0.15, 0.2) is 18.2 Å². The van der Waals surface area contributed by atoms with Crippen molar-refractivity contribution in [2.24, 2.45) is 5.41 Å². The van der Waals surface area contributed by atoms with Crippen LogP contribution in [0.2, 0.25) is 0 Å². The molecule has 0 atom stereocenters. The van der Waals surface area contributed by atoms with E-state index in [9.17, 15) is 9.90 Å². The van der Waals surface area contributed by atoms with Crippen LogP contribution in [0.25, 0.3) is 0 Å². The van der Waals surface area contributed by atoms with Crippen LogP contribution in [0.3, 0.4) is 0 Å². The molecule has 1 amide bonds. The highest BCUT2D eigenvalue weighted by Gasteiger charge is 2.27. The number of phenols is 1. The maximum atomic E-state index is 12.2. The third-order valence-electron chi connectivity index (χ3n) is 2.71. The number of hydrogen-bond donors (Lipinski definition) is 3. The van der Waals surface area contributed by atoms with Gasteiger partial charge >= 0.3 is 0 Å². The Labute approximate surface area is 115 Å². The molecule has 4 heteroatoms. The zero-order valence-electron chi connectivity index (χ0n) is 12.4. The second kappa shape index (κ2) is 5.11. The van der Waals surface area contributed by atoms with Gasteiger partial charge < -0.3 is 16.2 Å². The van der Waals surface area contributed by atoms with Gasteiger partial charge in [-0.15, -0.1) is 0 Å². The first-order valence-corrected chi connectivity index (χ1v) is 6.41. The van der Waals surface area contributed by atoms with Crippen LogP contribution in [0.5, 0.6) is 5.75 Å². The SMILES string of the molecule is CC(C)(C)CC(C)(C)NC(=O)c1cc(O)ccc1N. The van der Waals surface area contributed by atoms with Crippen molar-refractivity contribution in [1.82, 2.24) is 5.32 Å². The van der Waals surface area contributed by atoms with E-state index in [-0.39, 0.29) is 22.6 Å². The van der Waals surface area contributed by atoms with Gasteiger partial charge in [0.05, 0.1) is 5.56 Å². The van der Waals surface area contributed by atoms with Crippen molar-refractivity contribution < 1.29 is 9.90 Å². The summed E-state index contributed by atoms with van der Waals surface area (Å²) >= 11 is 0. The Kier molecular flexibility index (Phi) is 4.13. The fourth-order valence-electron chi connectivity index (χ4n) is 2.49. The molecular weight excluding hydrogens is 240 g/mol. The number of carbonyl (C=O) groups is 1. The lowest BCUT2D eigenvalue weighted by molar-refractivity contribution is 0.0892. The first-order chi connectivity index (χ1) is 8.50. The number of amides is 1. The van der Waals surface area contributed by atoms with Crippen LogP contribution in [-0.2, 0) is 0 Å². The van der Waals surface area contributed by atoms with Crippen LogP contribution in [0.4, 0.5) is 5.69 Å². The van der Waals surface area contributed by atoms with Gasteiger partial charge in [-0.1, -0.05) is 20.8 Å². The second-order valence-corrected chi connectivity index (χ2v) is 6.85. The van der Waals surface area contributed by atoms with E-state index in [0.29, 0.717) is 11.3 Å². The molecule has 0 aliphatic heterocycles. The standard InChI is InChI=1S/C15H24N2O2/c1-14(2,3)9-15(4,5)17-13(19)11-8-10(18)6-7-12(11)16/h6-8,18H,9,16H2,1-5H3,(H,17,19). The fourth-order valence-corrected chi connectivity index (χ4v) is 2.49. The maximum Gasteiger partial charge on any atom is 0.253 e. The predicted octanol–water partition coefficient (Wildman–Crippen LogP) is 2.92. The Hall–Kier alpha value is -1.71. The van der Waals surface area contributed by atoms with Gasteiger partial charge in [0.25, 0.3) is 5.91 Å². The minimum atomic E-state index is -0.340. The number of anilines is 1. The van der Waals surface area contributed by atoms with E-state index < -0.39 is 0 Å². The molecule has 0 saturated heterocycles. The summed E-state index contributed by atoms with van der Waals surface area (Å²) in [4.78, 5) is 12.2. The molecule has 0 saturated carbocycles. The van der Waals surface area contributed by atoms with Crippen molar-refractivity contribution in [2.45, 2.75) is 46.6 Å². The molecule has 0 unspecified atom stereocenters. The highest BCUT2D eigenvalue weighted by Crippen LogP contribution is 2.27. The van der Waals surface area contributed by atoms with Crippen LogP contribution in [0, 0.1) is 5.41 Å². The Balaban J connectivity index is 2.87. The summed E-state index contributed by atoms with van der Waals surface area (Å²) in [5.74, 6) is -0.226. The molecule has 0 radical (unpaired) electrons. The van der Waals surface area contributed by atoms with Gasteiger partial charge in [-0.2, -0.15) is 0 Å². The molecule has 106 valence electrons. The van der Waals surface area contributed by atoms with Crippen molar-refractivity contribution in [3.05, 3.63) is 23.8 Å². The zero-order chi connectivity index (χ0) is 14.8. The third kappa shape index (κ3) is 4.81. The van der Waals surface area contributed by atoms with Crippen molar-refractivity contribution in [3.8, 4) is 5.75 Å². The van der Waals surface area contributed by atoms with Crippen LogP contribution in [0.1, 0.15) is 51.4 Å². The minimum Gasteiger partial charge on any atom is -0.508 e. The molecule has 4 nitrogen and oxygen atoms in total. The number of hydrogen-bond acceptors (Lipinski definition) is 3. The summed E-state index contributed by atoms with van der Waals surface area (Å²) < 4.78 is 0. The molecule has 1 aromatic carbocycles. The number of phenolic OH excluding ortho intramolecular Hbond substituents is 1. The maximum absolute atomic E-state index is 12.2. The summed E-state index contributed by atoms with van der Waals surface area (Å²) in [6, 6.07) is 4.38.